The molecule has 0 spiro atoms. The lowest BCUT2D eigenvalue weighted by atomic mass is 9.98. The van der Waals surface area contributed by atoms with Crippen LogP contribution in [0.4, 0.5) is 0 Å². The number of aliphatic carboxylic acids is 1. The van der Waals surface area contributed by atoms with Crippen LogP contribution in [0.25, 0.3) is 0 Å². The molecule has 0 atom stereocenters. The van der Waals surface area contributed by atoms with E-state index in [4.69, 9.17) is 9.52 Å². The van der Waals surface area contributed by atoms with Crippen molar-refractivity contribution in [3.8, 4) is 0 Å². The van der Waals surface area contributed by atoms with Gasteiger partial charge in [-0.2, -0.15) is 0 Å². The lowest BCUT2D eigenvalue weighted by Crippen LogP contribution is -2.43. The first-order valence-corrected chi connectivity index (χ1v) is 6.31. The average molecular weight is 318 g/mol. The Morgan fingerprint density at radius 2 is 2.11 bits per heavy atom. The fourth-order valence-electron chi connectivity index (χ4n) is 1.51. The topological polar surface area (TPSA) is 79.5 Å². The summed E-state index contributed by atoms with van der Waals surface area (Å²) in [7, 11) is 0. The average Bonchev–Trinajstić information content (AvgIpc) is 2.54. The van der Waals surface area contributed by atoms with E-state index in [0.29, 0.717) is 11.1 Å². The molecule has 0 saturated carbocycles. The number of carbonyl (C=O) groups is 2. The van der Waals surface area contributed by atoms with Crippen LogP contribution in [-0.2, 0) is 4.79 Å². The first kappa shape index (κ1) is 14.8. The first-order valence-electron chi connectivity index (χ1n) is 5.51. The maximum atomic E-state index is 12.0. The summed E-state index contributed by atoms with van der Waals surface area (Å²) in [6, 6.07) is 1.71. The van der Waals surface area contributed by atoms with Gasteiger partial charge in [0.2, 0.25) is 0 Å². The zero-order valence-electron chi connectivity index (χ0n) is 10.5. The number of hydrogen-bond donors (Lipinski definition) is 2. The van der Waals surface area contributed by atoms with E-state index in [0.717, 1.165) is 5.56 Å². The van der Waals surface area contributed by atoms with Gasteiger partial charge in [0.1, 0.15) is 0 Å². The van der Waals surface area contributed by atoms with Crippen molar-refractivity contribution in [1.29, 1.82) is 0 Å². The zero-order chi connectivity index (χ0) is 13.9. The smallest absolute Gasteiger partial charge is 0.303 e. The molecule has 0 saturated heterocycles. The van der Waals surface area contributed by atoms with Crippen LogP contribution in [0.5, 0.6) is 0 Å². The molecule has 1 heterocycles. The van der Waals surface area contributed by atoms with Gasteiger partial charge >= 0.3 is 5.97 Å². The van der Waals surface area contributed by atoms with Gasteiger partial charge < -0.3 is 14.8 Å². The summed E-state index contributed by atoms with van der Waals surface area (Å²) in [4.78, 5) is 22.5. The molecule has 6 heteroatoms. The SMILES string of the molecule is Cc1cc(Br)oc1C(=O)NC(C)(C)CCC(=O)O. The number of carboxylic acid groups (broad SMARTS) is 1. The van der Waals surface area contributed by atoms with Crippen LogP contribution in [0.15, 0.2) is 15.2 Å². The lowest BCUT2D eigenvalue weighted by molar-refractivity contribution is -0.137. The van der Waals surface area contributed by atoms with E-state index in [1.165, 1.54) is 0 Å². The number of halogens is 1. The number of furan rings is 1. The van der Waals surface area contributed by atoms with Crippen molar-refractivity contribution in [2.75, 3.05) is 0 Å². The molecule has 0 bridgehead atoms. The number of carbonyl (C=O) groups excluding carboxylic acids is 1. The summed E-state index contributed by atoms with van der Waals surface area (Å²) in [5.41, 5.74) is 0.134. The highest BCUT2D eigenvalue weighted by Crippen LogP contribution is 2.21. The molecular formula is C12H16BrNO4. The van der Waals surface area contributed by atoms with E-state index >= 15 is 0 Å². The molecule has 1 aromatic rings. The van der Waals surface area contributed by atoms with E-state index in [9.17, 15) is 9.59 Å². The Hall–Kier alpha value is -1.30. The highest BCUT2D eigenvalue weighted by atomic mass is 79.9. The number of hydrogen-bond acceptors (Lipinski definition) is 3. The maximum Gasteiger partial charge on any atom is 0.303 e. The Morgan fingerprint density at radius 3 is 2.56 bits per heavy atom. The number of amides is 1. The minimum absolute atomic E-state index is 0.00805. The first-order chi connectivity index (χ1) is 8.21. The van der Waals surface area contributed by atoms with Gasteiger partial charge in [0.05, 0.1) is 0 Å². The van der Waals surface area contributed by atoms with Gasteiger partial charge in [-0.25, -0.2) is 0 Å². The molecule has 0 aliphatic rings. The summed E-state index contributed by atoms with van der Waals surface area (Å²) in [5, 5.41) is 11.4. The minimum atomic E-state index is -0.880. The standard InChI is InChI=1S/C12H16BrNO4/c1-7-6-8(13)18-10(7)11(17)14-12(2,3)5-4-9(15)16/h6H,4-5H2,1-3H3,(H,14,17)(H,15,16). The van der Waals surface area contributed by atoms with Crippen molar-refractivity contribution in [3.05, 3.63) is 22.1 Å². The quantitative estimate of drug-likeness (QED) is 0.875. The van der Waals surface area contributed by atoms with Gasteiger partial charge in [-0.15, -0.1) is 0 Å². The molecule has 100 valence electrons. The van der Waals surface area contributed by atoms with Crippen LogP contribution in [0.2, 0.25) is 0 Å². The van der Waals surface area contributed by atoms with Crippen LogP contribution < -0.4 is 5.32 Å². The van der Waals surface area contributed by atoms with Crippen molar-refractivity contribution >= 4 is 27.8 Å². The number of carboxylic acids is 1. The van der Waals surface area contributed by atoms with Crippen molar-refractivity contribution in [2.24, 2.45) is 0 Å². The normalized spacial score (nSPS) is 11.3. The number of nitrogens with one attached hydrogen (secondary N) is 1. The zero-order valence-corrected chi connectivity index (χ0v) is 12.1. The van der Waals surface area contributed by atoms with Crippen molar-refractivity contribution in [2.45, 2.75) is 39.2 Å². The summed E-state index contributed by atoms with van der Waals surface area (Å²) in [6.45, 7) is 5.33. The largest absolute Gasteiger partial charge is 0.481 e. The molecule has 0 aromatic carbocycles. The third-order valence-electron chi connectivity index (χ3n) is 2.51. The molecular weight excluding hydrogens is 302 g/mol. The monoisotopic (exact) mass is 317 g/mol. The molecule has 18 heavy (non-hydrogen) atoms. The molecule has 1 amide bonds. The van der Waals surface area contributed by atoms with Gasteiger partial charge in [0.25, 0.3) is 5.91 Å². The predicted molar refractivity (Wildman–Crippen MR) is 69.6 cm³/mol. The van der Waals surface area contributed by atoms with E-state index < -0.39 is 11.5 Å². The molecule has 2 N–H and O–H groups in total. The minimum Gasteiger partial charge on any atom is -0.481 e. The second-order valence-corrected chi connectivity index (χ2v) is 5.58. The van der Waals surface area contributed by atoms with Crippen LogP contribution in [-0.4, -0.2) is 22.5 Å². The third kappa shape index (κ3) is 4.18. The molecule has 0 fully saturated rings. The highest BCUT2D eigenvalue weighted by molar-refractivity contribution is 9.10. The van der Waals surface area contributed by atoms with Gasteiger partial charge in [-0.1, -0.05) is 0 Å². The Labute approximate surface area is 114 Å². The second-order valence-electron chi connectivity index (χ2n) is 4.79. The van der Waals surface area contributed by atoms with Gasteiger partial charge in [-0.3, -0.25) is 9.59 Å². The Balaban J connectivity index is 2.69. The Kier molecular flexibility index (Phi) is 4.56. The second kappa shape index (κ2) is 5.56. The van der Waals surface area contributed by atoms with Crippen molar-refractivity contribution < 1.29 is 19.1 Å². The molecule has 5 nitrogen and oxygen atoms in total. The van der Waals surface area contributed by atoms with E-state index in [1.54, 1.807) is 26.8 Å². The summed E-state index contributed by atoms with van der Waals surface area (Å²) >= 11 is 3.16. The van der Waals surface area contributed by atoms with Crippen LogP contribution in [0, 0.1) is 6.92 Å². The lowest BCUT2D eigenvalue weighted by Gasteiger charge is -2.25. The van der Waals surface area contributed by atoms with Crippen molar-refractivity contribution in [1.82, 2.24) is 5.32 Å². The highest BCUT2D eigenvalue weighted by Gasteiger charge is 2.24. The van der Waals surface area contributed by atoms with Crippen LogP contribution in [0.1, 0.15) is 42.8 Å². The number of aryl methyl sites for hydroxylation is 1. The summed E-state index contributed by atoms with van der Waals surface area (Å²) in [5.74, 6) is -0.979. The molecule has 1 rings (SSSR count). The Morgan fingerprint density at radius 1 is 1.50 bits per heavy atom. The predicted octanol–water partition coefficient (Wildman–Crippen LogP) is 2.72. The fourth-order valence-corrected chi connectivity index (χ4v) is 2.02. The summed E-state index contributed by atoms with van der Waals surface area (Å²) < 4.78 is 5.73. The maximum absolute atomic E-state index is 12.0. The third-order valence-corrected chi connectivity index (χ3v) is 2.90. The van der Waals surface area contributed by atoms with Gasteiger partial charge in [0.15, 0.2) is 10.4 Å². The van der Waals surface area contributed by atoms with Crippen LogP contribution >= 0.6 is 15.9 Å². The van der Waals surface area contributed by atoms with Crippen molar-refractivity contribution in [3.63, 3.8) is 0 Å². The fraction of sp³-hybridized carbons (Fsp3) is 0.500. The molecule has 0 unspecified atom stereocenters. The van der Waals surface area contributed by atoms with E-state index in [-0.39, 0.29) is 18.1 Å². The summed E-state index contributed by atoms with van der Waals surface area (Å²) in [6.07, 6.45) is 0.364. The molecule has 0 aliphatic heterocycles. The van der Waals surface area contributed by atoms with E-state index in [1.807, 2.05) is 0 Å². The Bertz CT molecular complexity index is 465. The van der Waals surface area contributed by atoms with E-state index in [2.05, 4.69) is 21.2 Å². The molecule has 1 aromatic heterocycles. The van der Waals surface area contributed by atoms with Crippen LogP contribution in [0.3, 0.4) is 0 Å². The van der Waals surface area contributed by atoms with Gasteiger partial charge in [0, 0.05) is 17.5 Å². The molecule has 0 radical (unpaired) electrons. The van der Waals surface area contributed by atoms with Gasteiger partial charge in [-0.05, 0) is 49.2 Å². The molecule has 0 aliphatic carbocycles. The number of rotatable bonds is 5.